The molecule has 130 valence electrons. The summed E-state index contributed by atoms with van der Waals surface area (Å²) in [7, 11) is 3.25. The summed E-state index contributed by atoms with van der Waals surface area (Å²) in [6.45, 7) is 5.82. The number of benzene rings is 1. The quantitative estimate of drug-likeness (QED) is 0.880. The number of aliphatic hydroxyl groups excluding tert-OH is 1. The molecule has 1 unspecified atom stereocenters. The van der Waals surface area contributed by atoms with Gasteiger partial charge in [-0.3, -0.25) is 4.79 Å². The Labute approximate surface area is 142 Å². The minimum Gasteiger partial charge on any atom is -0.497 e. The highest BCUT2D eigenvalue weighted by Gasteiger charge is 2.26. The Balaban J connectivity index is 2.12. The van der Waals surface area contributed by atoms with E-state index in [0.717, 1.165) is 11.3 Å². The maximum Gasteiger partial charge on any atom is 0.259 e. The summed E-state index contributed by atoms with van der Waals surface area (Å²) in [5.74, 6) is 1.15. The number of carbonyl (C=O) groups is 1. The molecular weight excluding hydrogens is 308 g/mol. The van der Waals surface area contributed by atoms with Crippen molar-refractivity contribution in [1.29, 1.82) is 0 Å². The van der Waals surface area contributed by atoms with E-state index in [0.29, 0.717) is 17.0 Å². The summed E-state index contributed by atoms with van der Waals surface area (Å²) in [6.07, 6.45) is -0.785. The zero-order chi connectivity index (χ0) is 17.9. The summed E-state index contributed by atoms with van der Waals surface area (Å²) in [5.41, 5.74) is 1.77. The number of rotatable bonds is 6. The molecule has 1 aromatic carbocycles. The molecule has 0 aliphatic carbocycles. The van der Waals surface area contributed by atoms with Crippen LogP contribution in [0.15, 0.2) is 28.8 Å². The third-order valence-corrected chi connectivity index (χ3v) is 3.92. The lowest BCUT2D eigenvalue weighted by Crippen LogP contribution is -2.32. The number of aromatic nitrogens is 1. The minimum atomic E-state index is -0.785. The van der Waals surface area contributed by atoms with E-state index in [1.54, 1.807) is 45.3 Å². The van der Waals surface area contributed by atoms with Crippen molar-refractivity contribution in [2.24, 2.45) is 0 Å². The lowest BCUT2D eigenvalue weighted by molar-refractivity contribution is 0.0677. The van der Waals surface area contributed by atoms with Crippen LogP contribution in [-0.4, -0.2) is 41.8 Å². The van der Waals surface area contributed by atoms with Gasteiger partial charge < -0.3 is 19.3 Å². The number of aliphatic hydroxyl groups is 1. The summed E-state index contributed by atoms with van der Waals surface area (Å²) < 4.78 is 10.4. The summed E-state index contributed by atoms with van der Waals surface area (Å²) in [4.78, 5) is 14.2. The molecule has 6 nitrogen and oxygen atoms in total. The number of nitrogens with zero attached hydrogens (tertiary/aromatic N) is 2. The Bertz CT molecular complexity index is 692. The molecule has 1 amide bonds. The molecule has 6 heteroatoms. The van der Waals surface area contributed by atoms with Crippen LogP contribution in [0.4, 0.5) is 0 Å². The zero-order valence-electron chi connectivity index (χ0n) is 14.7. The first-order valence-corrected chi connectivity index (χ1v) is 7.88. The number of amides is 1. The predicted octanol–water partition coefficient (Wildman–Crippen LogP) is 2.92. The Hall–Kier alpha value is -2.34. The molecule has 1 heterocycles. The average molecular weight is 332 g/mol. The molecule has 1 N–H and O–H groups in total. The van der Waals surface area contributed by atoms with Gasteiger partial charge in [-0.2, -0.15) is 0 Å². The van der Waals surface area contributed by atoms with E-state index in [4.69, 9.17) is 9.26 Å². The van der Waals surface area contributed by atoms with Crippen LogP contribution in [0.1, 0.15) is 53.2 Å². The lowest BCUT2D eigenvalue weighted by atomic mass is 10.0. The van der Waals surface area contributed by atoms with Gasteiger partial charge in [0.15, 0.2) is 5.76 Å². The van der Waals surface area contributed by atoms with Gasteiger partial charge in [0.1, 0.15) is 11.3 Å². The van der Waals surface area contributed by atoms with E-state index >= 15 is 0 Å². The molecule has 0 saturated heterocycles. The van der Waals surface area contributed by atoms with Crippen LogP contribution in [0.5, 0.6) is 5.75 Å². The monoisotopic (exact) mass is 332 g/mol. The van der Waals surface area contributed by atoms with Crippen molar-refractivity contribution in [2.45, 2.75) is 32.8 Å². The molecule has 0 bridgehead atoms. The fourth-order valence-electron chi connectivity index (χ4n) is 2.51. The van der Waals surface area contributed by atoms with Gasteiger partial charge in [-0.25, -0.2) is 0 Å². The van der Waals surface area contributed by atoms with E-state index in [1.807, 2.05) is 13.8 Å². The normalized spacial score (nSPS) is 12.3. The number of carbonyl (C=O) groups excluding carboxylic acids is 1. The highest BCUT2D eigenvalue weighted by molar-refractivity contribution is 5.96. The highest BCUT2D eigenvalue weighted by Crippen LogP contribution is 2.24. The minimum absolute atomic E-state index is 0.0602. The number of methoxy groups -OCH3 is 1. The van der Waals surface area contributed by atoms with Crippen LogP contribution < -0.4 is 4.74 Å². The van der Waals surface area contributed by atoms with Crippen LogP contribution in [0.3, 0.4) is 0 Å². The third kappa shape index (κ3) is 3.76. The second-order valence-electron chi connectivity index (χ2n) is 6.14. The summed E-state index contributed by atoms with van der Waals surface area (Å²) in [6, 6.07) is 7.13. The van der Waals surface area contributed by atoms with Crippen molar-refractivity contribution in [2.75, 3.05) is 20.7 Å². The summed E-state index contributed by atoms with van der Waals surface area (Å²) in [5, 5.41) is 14.3. The van der Waals surface area contributed by atoms with Gasteiger partial charge in [0.05, 0.1) is 25.5 Å². The van der Waals surface area contributed by atoms with Gasteiger partial charge in [0.2, 0.25) is 0 Å². The van der Waals surface area contributed by atoms with Crippen LogP contribution in [0.2, 0.25) is 0 Å². The van der Waals surface area contributed by atoms with Crippen molar-refractivity contribution < 1.29 is 19.2 Å². The summed E-state index contributed by atoms with van der Waals surface area (Å²) >= 11 is 0. The fraction of sp³-hybridized carbons (Fsp3) is 0.444. The number of hydrogen-bond acceptors (Lipinski definition) is 5. The van der Waals surface area contributed by atoms with Gasteiger partial charge in [-0.1, -0.05) is 31.1 Å². The number of likely N-dealkylation sites (N-methyl/N-ethyl adjacent to an activating group) is 1. The average Bonchev–Trinajstić information content (AvgIpc) is 2.95. The van der Waals surface area contributed by atoms with Crippen molar-refractivity contribution in [3.05, 3.63) is 46.8 Å². The Morgan fingerprint density at radius 3 is 2.50 bits per heavy atom. The fourth-order valence-corrected chi connectivity index (χ4v) is 2.51. The standard InChI is InChI=1S/C18H24N2O4/c1-11(2)17-16(12(3)19-24-17)18(22)20(4)10-15(21)13-6-8-14(23-5)9-7-13/h6-9,11,15,21H,10H2,1-5H3. The third-order valence-electron chi connectivity index (χ3n) is 3.92. The molecule has 2 rings (SSSR count). The second kappa shape index (κ2) is 7.49. The first-order valence-electron chi connectivity index (χ1n) is 7.88. The van der Waals surface area contributed by atoms with Crippen LogP contribution >= 0.6 is 0 Å². The van der Waals surface area contributed by atoms with Gasteiger partial charge in [-0.05, 0) is 24.6 Å². The van der Waals surface area contributed by atoms with Crippen molar-refractivity contribution >= 4 is 5.91 Å². The molecule has 0 saturated carbocycles. The van der Waals surface area contributed by atoms with Gasteiger partial charge >= 0.3 is 0 Å². The first-order chi connectivity index (χ1) is 11.3. The number of ether oxygens (including phenoxy) is 1. The van der Waals surface area contributed by atoms with Gasteiger partial charge in [0.25, 0.3) is 5.91 Å². The molecular formula is C18H24N2O4. The second-order valence-corrected chi connectivity index (χ2v) is 6.14. The Kier molecular flexibility index (Phi) is 5.62. The van der Waals surface area contributed by atoms with E-state index < -0.39 is 6.10 Å². The predicted molar refractivity (Wildman–Crippen MR) is 90.2 cm³/mol. The Morgan fingerprint density at radius 2 is 1.96 bits per heavy atom. The lowest BCUT2D eigenvalue weighted by Gasteiger charge is -2.21. The highest BCUT2D eigenvalue weighted by atomic mass is 16.5. The number of aryl methyl sites for hydroxylation is 1. The largest absolute Gasteiger partial charge is 0.497 e. The Morgan fingerprint density at radius 1 is 1.33 bits per heavy atom. The maximum atomic E-state index is 12.7. The molecule has 0 fully saturated rings. The van der Waals surface area contributed by atoms with Crippen LogP contribution in [0, 0.1) is 6.92 Å². The molecule has 0 aliphatic heterocycles. The molecule has 1 aromatic heterocycles. The van der Waals surface area contributed by atoms with E-state index in [2.05, 4.69) is 5.16 Å². The van der Waals surface area contributed by atoms with E-state index in [1.165, 1.54) is 4.90 Å². The smallest absolute Gasteiger partial charge is 0.259 e. The van der Waals surface area contributed by atoms with Crippen molar-refractivity contribution in [1.82, 2.24) is 10.1 Å². The van der Waals surface area contributed by atoms with E-state index in [9.17, 15) is 9.90 Å². The molecule has 2 aromatic rings. The van der Waals surface area contributed by atoms with Crippen LogP contribution in [0.25, 0.3) is 0 Å². The molecule has 0 spiro atoms. The SMILES string of the molecule is COc1ccc(C(O)CN(C)C(=O)c2c(C)noc2C(C)C)cc1. The first kappa shape index (κ1) is 18.0. The van der Waals surface area contributed by atoms with E-state index in [-0.39, 0.29) is 18.4 Å². The molecule has 24 heavy (non-hydrogen) atoms. The molecule has 0 radical (unpaired) electrons. The maximum absolute atomic E-state index is 12.7. The van der Waals surface area contributed by atoms with Crippen molar-refractivity contribution in [3.63, 3.8) is 0 Å². The van der Waals surface area contributed by atoms with Gasteiger partial charge in [0, 0.05) is 13.0 Å². The van der Waals surface area contributed by atoms with Crippen molar-refractivity contribution in [3.8, 4) is 5.75 Å². The topological polar surface area (TPSA) is 75.8 Å². The van der Waals surface area contributed by atoms with Gasteiger partial charge in [-0.15, -0.1) is 0 Å². The zero-order valence-corrected chi connectivity index (χ0v) is 14.7. The number of hydrogen-bond donors (Lipinski definition) is 1. The van der Waals surface area contributed by atoms with Crippen LogP contribution in [-0.2, 0) is 0 Å². The molecule has 0 aliphatic rings. The molecule has 1 atom stereocenters.